The first-order valence-electron chi connectivity index (χ1n) is 5.93. The number of nitro benzene ring substituents is 1. The summed E-state index contributed by atoms with van der Waals surface area (Å²) in [7, 11) is 1.26. The normalized spacial score (nSPS) is 18.1. The highest BCUT2D eigenvalue weighted by atomic mass is 19.1. The zero-order chi connectivity index (χ0) is 14.9. The van der Waals surface area contributed by atoms with Gasteiger partial charge < -0.3 is 14.7 Å². The summed E-state index contributed by atoms with van der Waals surface area (Å²) in [6, 6.07) is 2.03. The van der Waals surface area contributed by atoms with Crippen LogP contribution in [0.5, 0.6) is 5.75 Å². The molecule has 0 radical (unpaired) electrons. The predicted molar refractivity (Wildman–Crippen MR) is 67.6 cm³/mol. The maximum Gasteiger partial charge on any atom is 0.308 e. The maximum absolute atomic E-state index is 13.5. The van der Waals surface area contributed by atoms with Gasteiger partial charge in [-0.15, -0.1) is 0 Å². The Balaban J connectivity index is 2.40. The van der Waals surface area contributed by atoms with Gasteiger partial charge in [-0.05, 0) is 6.42 Å². The Morgan fingerprint density at radius 3 is 2.80 bits per heavy atom. The highest BCUT2D eigenvalue weighted by molar-refractivity contribution is 5.74. The van der Waals surface area contributed by atoms with E-state index in [1.165, 1.54) is 13.2 Å². The summed E-state index contributed by atoms with van der Waals surface area (Å²) in [6.07, 6.45) is 0.395. The van der Waals surface area contributed by atoms with E-state index < -0.39 is 28.3 Å². The van der Waals surface area contributed by atoms with Crippen molar-refractivity contribution in [2.75, 3.05) is 25.1 Å². The Kier molecular flexibility index (Phi) is 3.73. The first kappa shape index (κ1) is 14.0. The molecule has 0 saturated carbocycles. The minimum atomic E-state index is -0.941. The molecule has 1 aromatic carbocycles. The molecule has 1 saturated heterocycles. The lowest BCUT2D eigenvalue weighted by molar-refractivity contribution is -0.384. The molecule has 0 aromatic heterocycles. The van der Waals surface area contributed by atoms with E-state index in [1.54, 1.807) is 4.90 Å². The van der Waals surface area contributed by atoms with Gasteiger partial charge in [0, 0.05) is 19.2 Å². The van der Waals surface area contributed by atoms with Crippen molar-refractivity contribution >= 4 is 17.3 Å². The van der Waals surface area contributed by atoms with Crippen LogP contribution in [0.15, 0.2) is 12.1 Å². The van der Waals surface area contributed by atoms with Crippen LogP contribution in [0.1, 0.15) is 6.42 Å². The van der Waals surface area contributed by atoms with Crippen molar-refractivity contribution < 1.29 is 24.0 Å². The molecule has 7 nitrogen and oxygen atoms in total. The number of hydrogen-bond acceptors (Lipinski definition) is 5. The summed E-state index contributed by atoms with van der Waals surface area (Å²) < 4.78 is 18.4. The Labute approximate surface area is 113 Å². The Morgan fingerprint density at radius 2 is 2.30 bits per heavy atom. The molecule has 2 rings (SSSR count). The van der Waals surface area contributed by atoms with Crippen molar-refractivity contribution in [3.05, 3.63) is 28.1 Å². The lowest BCUT2D eigenvalue weighted by Crippen LogP contribution is -2.23. The number of nitrogens with zero attached hydrogens (tertiary/aromatic N) is 2. The van der Waals surface area contributed by atoms with E-state index in [2.05, 4.69) is 0 Å². The van der Waals surface area contributed by atoms with Crippen LogP contribution in [0, 0.1) is 21.8 Å². The highest BCUT2D eigenvalue weighted by Gasteiger charge is 2.32. The highest BCUT2D eigenvalue weighted by Crippen LogP contribution is 2.36. The molecule has 1 aliphatic rings. The number of anilines is 1. The molecule has 0 spiro atoms. The second kappa shape index (κ2) is 5.32. The SMILES string of the molecule is COc1cc(N2CCC(C(=O)O)C2)c([N+](=O)[O-])cc1F. The number of benzene rings is 1. The fourth-order valence-corrected chi connectivity index (χ4v) is 2.27. The van der Waals surface area contributed by atoms with E-state index in [0.717, 1.165) is 6.07 Å². The number of halogens is 1. The quantitative estimate of drug-likeness (QED) is 0.667. The number of carboxylic acid groups (broad SMARTS) is 1. The average Bonchev–Trinajstić information content (AvgIpc) is 2.87. The summed E-state index contributed by atoms with van der Waals surface area (Å²) in [5, 5.41) is 20.0. The van der Waals surface area contributed by atoms with Crippen LogP contribution in [0.3, 0.4) is 0 Å². The second-order valence-electron chi connectivity index (χ2n) is 4.50. The molecule has 1 N–H and O–H groups in total. The number of aliphatic carboxylic acids is 1. The van der Waals surface area contributed by atoms with Crippen LogP contribution in [0.2, 0.25) is 0 Å². The topological polar surface area (TPSA) is 92.9 Å². The average molecular weight is 284 g/mol. The molecule has 0 aliphatic carbocycles. The smallest absolute Gasteiger partial charge is 0.308 e. The van der Waals surface area contributed by atoms with E-state index in [9.17, 15) is 19.3 Å². The number of carbonyl (C=O) groups is 1. The largest absolute Gasteiger partial charge is 0.494 e. The van der Waals surface area contributed by atoms with Crippen molar-refractivity contribution in [3.8, 4) is 5.75 Å². The van der Waals surface area contributed by atoms with Crippen molar-refractivity contribution in [1.82, 2.24) is 0 Å². The number of rotatable bonds is 4. The number of ether oxygens (including phenoxy) is 1. The van der Waals surface area contributed by atoms with Gasteiger partial charge in [0.15, 0.2) is 11.6 Å². The fourth-order valence-electron chi connectivity index (χ4n) is 2.27. The number of carboxylic acids is 1. The van der Waals surface area contributed by atoms with Gasteiger partial charge in [-0.3, -0.25) is 14.9 Å². The van der Waals surface area contributed by atoms with Gasteiger partial charge in [-0.2, -0.15) is 0 Å². The molecular formula is C12H13FN2O5. The van der Waals surface area contributed by atoms with E-state index >= 15 is 0 Å². The van der Waals surface area contributed by atoms with E-state index in [0.29, 0.717) is 13.0 Å². The van der Waals surface area contributed by atoms with E-state index in [-0.39, 0.29) is 18.0 Å². The molecule has 1 heterocycles. The van der Waals surface area contributed by atoms with E-state index in [1.807, 2.05) is 0 Å². The third-order valence-corrected chi connectivity index (χ3v) is 3.32. The van der Waals surface area contributed by atoms with Gasteiger partial charge in [0.2, 0.25) is 0 Å². The Hall–Kier alpha value is -2.38. The van der Waals surface area contributed by atoms with E-state index in [4.69, 9.17) is 9.84 Å². The molecule has 1 aromatic rings. The summed E-state index contributed by atoms with van der Waals surface area (Å²) in [4.78, 5) is 22.8. The Morgan fingerprint density at radius 1 is 1.60 bits per heavy atom. The van der Waals surface area contributed by atoms with Gasteiger partial charge in [0.25, 0.3) is 5.69 Å². The van der Waals surface area contributed by atoms with Crippen LogP contribution in [0.4, 0.5) is 15.8 Å². The maximum atomic E-state index is 13.5. The summed E-state index contributed by atoms with van der Waals surface area (Å²) in [5.74, 6) is -2.45. The molecule has 1 atom stereocenters. The summed E-state index contributed by atoms with van der Waals surface area (Å²) in [6.45, 7) is 0.525. The fraction of sp³-hybridized carbons (Fsp3) is 0.417. The molecule has 1 unspecified atom stereocenters. The Bertz CT molecular complexity index is 563. The van der Waals surface area contributed by atoms with Crippen molar-refractivity contribution in [2.45, 2.75) is 6.42 Å². The lowest BCUT2D eigenvalue weighted by atomic mass is 10.1. The lowest BCUT2D eigenvalue weighted by Gasteiger charge is -2.18. The number of hydrogen-bond donors (Lipinski definition) is 1. The van der Waals surface area contributed by atoms with Crippen molar-refractivity contribution in [1.29, 1.82) is 0 Å². The predicted octanol–water partition coefficient (Wildman–Crippen LogP) is 1.65. The molecule has 0 amide bonds. The van der Waals surface area contributed by atoms with Gasteiger partial charge in [0.05, 0.1) is 24.0 Å². The first-order valence-corrected chi connectivity index (χ1v) is 5.93. The van der Waals surface area contributed by atoms with Crippen LogP contribution < -0.4 is 9.64 Å². The van der Waals surface area contributed by atoms with Crippen LogP contribution >= 0.6 is 0 Å². The molecule has 20 heavy (non-hydrogen) atoms. The zero-order valence-electron chi connectivity index (χ0n) is 10.7. The van der Waals surface area contributed by atoms with Gasteiger partial charge in [-0.1, -0.05) is 0 Å². The van der Waals surface area contributed by atoms with Crippen LogP contribution in [-0.2, 0) is 4.79 Å². The third kappa shape index (κ3) is 2.49. The molecule has 1 aliphatic heterocycles. The monoisotopic (exact) mass is 284 g/mol. The summed E-state index contributed by atoms with van der Waals surface area (Å²) >= 11 is 0. The minimum Gasteiger partial charge on any atom is -0.494 e. The standard InChI is InChI=1S/C12H13FN2O5/c1-20-11-5-9(10(15(18)19)4-8(11)13)14-3-2-7(6-14)12(16)17/h4-5,7H,2-3,6H2,1H3,(H,16,17). The molecule has 8 heteroatoms. The second-order valence-corrected chi connectivity index (χ2v) is 4.50. The van der Waals surface area contributed by atoms with Crippen LogP contribution in [-0.4, -0.2) is 36.2 Å². The van der Waals surface area contributed by atoms with Crippen molar-refractivity contribution in [3.63, 3.8) is 0 Å². The van der Waals surface area contributed by atoms with Gasteiger partial charge >= 0.3 is 5.97 Å². The minimum absolute atomic E-state index is 0.107. The number of nitro groups is 1. The third-order valence-electron chi connectivity index (χ3n) is 3.32. The first-order chi connectivity index (χ1) is 9.43. The van der Waals surface area contributed by atoms with Gasteiger partial charge in [-0.25, -0.2) is 4.39 Å². The number of methoxy groups -OCH3 is 1. The molecule has 108 valence electrons. The molecule has 0 bridgehead atoms. The van der Waals surface area contributed by atoms with Crippen LogP contribution in [0.25, 0.3) is 0 Å². The molecule has 1 fully saturated rings. The summed E-state index contributed by atoms with van der Waals surface area (Å²) in [5.41, 5.74) is -0.216. The van der Waals surface area contributed by atoms with Crippen molar-refractivity contribution in [2.24, 2.45) is 5.92 Å². The van der Waals surface area contributed by atoms with Gasteiger partial charge in [0.1, 0.15) is 5.69 Å². The zero-order valence-corrected chi connectivity index (χ0v) is 10.7. The molecular weight excluding hydrogens is 271 g/mol.